The number of guanidine groups is 1. The minimum absolute atomic E-state index is 0.0181. The molecule has 0 aromatic heterocycles. The number of carboxylic acids is 2. The smallest absolute Gasteiger partial charge is 0.326 e. The zero-order valence-electron chi connectivity index (χ0n) is 21.4. The second kappa shape index (κ2) is 15.8. The second-order valence-corrected chi connectivity index (χ2v) is 9.03. The van der Waals surface area contributed by atoms with E-state index in [1.54, 1.807) is 44.2 Å². The van der Waals surface area contributed by atoms with Crippen molar-refractivity contribution < 1.29 is 34.2 Å². The van der Waals surface area contributed by atoms with Crippen LogP contribution in [0.4, 0.5) is 0 Å². The summed E-state index contributed by atoms with van der Waals surface area (Å²) in [7, 11) is 0. The number of carbonyl (C=O) groups is 5. The number of aliphatic imine (C=N–C) groups is 1. The monoisotopic (exact) mass is 535 g/mol. The van der Waals surface area contributed by atoms with Gasteiger partial charge in [-0.05, 0) is 24.3 Å². The number of hydrogen-bond donors (Lipinski definition) is 8. The van der Waals surface area contributed by atoms with E-state index in [0.29, 0.717) is 5.56 Å². The molecule has 38 heavy (non-hydrogen) atoms. The molecule has 0 bridgehead atoms. The average Bonchev–Trinajstić information content (AvgIpc) is 2.83. The molecule has 0 heterocycles. The molecule has 14 nitrogen and oxygen atoms in total. The van der Waals surface area contributed by atoms with Crippen LogP contribution in [0.25, 0.3) is 0 Å². The molecule has 0 fully saturated rings. The van der Waals surface area contributed by atoms with Gasteiger partial charge >= 0.3 is 11.9 Å². The maximum atomic E-state index is 13.3. The summed E-state index contributed by atoms with van der Waals surface area (Å²) in [5.41, 5.74) is 17.0. The van der Waals surface area contributed by atoms with Crippen LogP contribution in [0.3, 0.4) is 0 Å². The zero-order chi connectivity index (χ0) is 28.8. The van der Waals surface area contributed by atoms with Crippen molar-refractivity contribution in [3.05, 3.63) is 35.9 Å². The number of nitrogens with zero attached hydrogens (tertiary/aromatic N) is 1. The quantitative estimate of drug-likeness (QED) is 0.0675. The average molecular weight is 536 g/mol. The van der Waals surface area contributed by atoms with Gasteiger partial charge in [-0.25, -0.2) is 4.79 Å². The number of benzene rings is 1. The molecule has 0 aliphatic heterocycles. The van der Waals surface area contributed by atoms with E-state index in [4.69, 9.17) is 22.3 Å². The Hall–Kier alpha value is -4.20. The fourth-order valence-electron chi connectivity index (χ4n) is 3.43. The van der Waals surface area contributed by atoms with Gasteiger partial charge in [-0.3, -0.25) is 24.2 Å². The van der Waals surface area contributed by atoms with Crippen molar-refractivity contribution in [3.63, 3.8) is 0 Å². The highest BCUT2D eigenvalue weighted by molar-refractivity contribution is 5.94. The first-order valence-corrected chi connectivity index (χ1v) is 12.0. The van der Waals surface area contributed by atoms with E-state index in [1.165, 1.54) is 0 Å². The Kier molecular flexibility index (Phi) is 13.2. The van der Waals surface area contributed by atoms with Crippen molar-refractivity contribution in [2.75, 3.05) is 6.54 Å². The molecule has 0 radical (unpaired) electrons. The third-order valence-electron chi connectivity index (χ3n) is 5.46. The maximum Gasteiger partial charge on any atom is 0.326 e. The highest BCUT2D eigenvalue weighted by Gasteiger charge is 2.31. The number of carbonyl (C=O) groups excluding carboxylic acids is 3. The number of amides is 3. The summed E-state index contributed by atoms with van der Waals surface area (Å²) in [5, 5.41) is 25.8. The topological polar surface area (TPSA) is 252 Å². The molecule has 0 spiro atoms. The molecule has 0 aliphatic carbocycles. The lowest BCUT2D eigenvalue weighted by atomic mass is 10.0. The van der Waals surface area contributed by atoms with Gasteiger partial charge in [0, 0.05) is 13.0 Å². The van der Waals surface area contributed by atoms with Gasteiger partial charge in [-0.15, -0.1) is 0 Å². The molecular formula is C24H37N7O7. The summed E-state index contributed by atoms with van der Waals surface area (Å²) < 4.78 is 0. The Morgan fingerprint density at radius 3 is 2.00 bits per heavy atom. The molecule has 4 unspecified atom stereocenters. The summed E-state index contributed by atoms with van der Waals surface area (Å²) in [6.07, 6.45) is -0.296. The van der Waals surface area contributed by atoms with E-state index < -0.39 is 66.2 Å². The van der Waals surface area contributed by atoms with Crippen LogP contribution >= 0.6 is 0 Å². The van der Waals surface area contributed by atoms with Crippen molar-refractivity contribution >= 4 is 35.6 Å². The summed E-state index contributed by atoms with van der Waals surface area (Å²) in [6, 6.07) is 3.70. The van der Waals surface area contributed by atoms with Crippen LogP contribution in [0.2, 0.25) is 0 Å². The van der Waals surface area contributed by atoms with Crippen LogP contribution in [-0.4, -0.2) is 76.5 Å². The number of rotatable bonds is 16. The lowest BCUT2D eigenvalue weighted by Crippen LogP contribution is -2.58. The number of hydrogen-bond acceptors (Lipinski definition) is 7. The largest absolute Gasteiger partial charge is 0.481 e. The summed E-state index contributed by atoms with van der Waals surface area (Å²) >= 11 is 0. The molecule has 3 amide bonds. The predicted octanol–water partition coefficient (Wildman–Crippen LogP) is -1.72. The SMILES string of the molecule is CC(C)C(NC(=O)C(CCCN=C(N)N)NC(=O)C(Cc1ccccc1)NC(=O)C(N)CC(=O)O)C(=O)O. The van der Waals surface area contributed by atoms with Crippen molar-refractivity contribution in [2.45, 2.75) is 63.7 Å². The highest BCUT2D eigenvalue weighted by Crippen LogP contribution is 2.08. The molecule has 14 heteroatoms. The first-order chi connectivity index (χ1) is 17.8. The standard InChI is InChI=1S/C24H37N7O7/c1-13(2)19(23(37)38)31-21(35)16(9-6-10-28-24(26)27)29-22(36)17(11-14-7-4-3-5-8-14)30-20(34)15(25)12-18(32)33/h3-5,7-8,13,15-17,19H,6,9-12,25H2,1-2H3,(H,29,36)(H,30,34)(H,31,35)(H,32,33)(H,37,38)(H4,26,27,28). The third kappa shape index (κ3) is 11.7. The van der Waals surface area contributed by atoms with Gasteiger partial charge in [0.15, 0.2) is 5.96 Å². The van der Waals surface area contributed by atoms with Crippen LogP contribution in [0.5, 0.6) is 0 Å². The van der Waals surface area contributed by atoms with Gasteiger partial charge in [-0.1, -0.05) is 44.2 Å². The molecule has 1 aromatic rings. The Bertz CT molecular complexity index is 997. The predicted molar refractivity (Wildman–Crippen MR) is 139 cm³/mol. The van der Waals surface area contributed by atoms with Gasteiger partial charge in [0.1, 0.15) is 18.1 Å². The van der Waals surface area contributed by atoms with E-state index in [0.717, 1.165) is 0 Å². The van der Waals surface area contributed by atoms with Gasteiger partial charge in [-0.2, -0.15) is 0 Å². The number of aliphatic carboxylic acids is 2. The Labute approximate surface area is 220 Å². The van der Waals surface area contributed by atoms with Gasteiger partial charge in [0.25, 0.3) is 0 Å². The van der Waals surface area contributed by atoms with Crippen molar-refractivity contribution in [3.8, 4) is 0 Å². The minimum atomic E-state index is -1.40. The fraction of sp³-hybridized carbons (Fsp3) is 0.500. The highest BCUT2D eigenvalue weighted by atomic mass is 16.4. The summed E-state index contributed by atoms with van der Waals surface area (Å²) in [6.45, 7) is 3.40. The lowest BCUT2D eigenvalue weighted by molar-refractivity contribution is -0.143. The fourth-order valence-corrected chi connectivity index (χ4v) is 3.43. The molecule has 0 aliphatic rings. The maximum absolute atomic E-state index is 13.3. The van der Waals surface area contributed by atoms with E-state index in [2.05, 4.69) is 20.9 Å². The minimum Gasteiger partial charge on any atom is -0.481 e. The third-order valence-corrected chi connectivity index (χ3v) is 5.46. The molecule has 1 aromatic carbocycles. The lowest BCUT2D eigenvalue weighted by Gasteiger charge is -2.26. The van der Waals surface area contributed by atoms with Crippen molar-refractivity contribution in [1.82, 2.24) is 16.0 Å². The van der Waals surface area contributed by atoms with Crippen LogP contribution in [-0.2, 0) is 30.4 Å². The Morgan fingerprint density at radius 1 is 0.895 bits per heavy atom. The molecule has 0 saturated heterocycles. The van der Waals surface area contributed by atoms with E-state index in [9.17, 15) is 29.1 Å². The Balaban J connectivity index is 3.15. The van der Waals surface area contributed by atoms with Crippen LogP contribution in [0.1, 0.15) is 38.7 Å². The van der Waals surface area contributed by atoms with Crippen molar-refractivity contribution in [1.29, 1.82) is 0 Å². The molecule has 11 N–H and O–H groups in total. The van der Waals surface area contributed by atoms with E-state index in [-0.39, 0.29) is 31.8 Å². The normalized spacial score (nSPS) is 13.9. The zero-order valence-corrected chi connectivity index (χ0v) is 21.4. The Morgan fingerprint density at radius 2 is 1.47 bits per heavy atom. The molecule has 1 rings (SSSR count). The molecule has 0 saturated carbocycles. The van der Waals surface area contributed by atoms with Gasteiger partial charge < -0.3 is 43.4 Å². The van der Waals surface area contributed by atoms with E-state index >= 15 is 0 Å². The summed E-state index contributed by atoms with van der Waals surface area (Å²) in [4.78, 5) is 65.2. The van der Waals surface area contributed by atoms with Gasteiger partial charge in [0.2, 0.25) is 17.7 Å². The molecule has 210 valence electrons. The van der Waals surface area contributed by atoms with Gasteiger partial charge in [0.05, 0.1) is 12.5 Å². The molecule has 4 atom stereocenters. The first-order valence-electron chi connectivity index (χ1n) is 12.0. The number of nitrogens with two attached hydrogens (primary N) is 3. The summed E-state index contributed by atoms with van der Waals surface area (Å²) in [5.74, 6) is -5.45. The number of nitrogens with one attached hydrogen (secondary N) is 3. The van der Waals surface area contributed by atoms with Crippen molar-refractivity contribution in [2.24, 2.45) is 28.1 Å². The van der Waals surface area contributed by atoms with E-state index in [1.807, 2.05) is 0 Å². The molecular weight excluding hydrogens is 498 g/mol. The van der Waals surface area contributed by atoms with Crippen LogP contribution in [0.15, 0.2) is 35.3 Å². The number of carboxylic acid groups (broad SMARTS) is 2. The second-order valence-electron chi connectivity index (χ2n) is 9.03. The van der Waals surface area contributed by atoms with Crippen LogP contribution in [0, 0.1) is 5.92 Å². The first kappa shape index (κ1) is 31.8. The van der Waals surface area contributed by atoms with Crippen LogP contribution < -0.4 is 33.2 Å².